The van der Waals surface area contributed by atoms with E-state index in [0.29, 0.717) is 19.0 Å². The van der Waals surface area contributed by atoms with Gasteiger partial charge >= 0.3 is 184 Å². The molecule has 0 radical (unpaired) electrons. The van der Waals surface area contributed by atoms with Gasteiger partial charge in [-0.2, -0.15) is 0 Å². The first kappa shape index (κ1) is 24.2. The first-order chi connectivity index (χ1) is 14.6. The quantitative estimate of drug-likeness (QED) is 0.258. The van der Waals surface area contributed by atoms with Gasteiger partial charge < -0.3 is 0 Å². The Labute approximate surface area is 200 Å². The summed E-state index contributed by atoms with van der Waals surface area (Å²) in [6.45, 7) is 13.9. The maximum absolute atomic E-state index is 13.0. The van der Waals surface area contributed by atoms with Crippen LogP contribution < -0.4 is 26.5 Å². The number of hydrogen-bond acceptors (Lipinski definition) is 4. The summed E-state index contributed by atoms with van der Waals surface area (Å²) in [7, 11) is 0. The molecule has 31 heavy (non-hydrogen) atoms. The van der Waals surface area contributed by atoms with Crippen LogP contribution in [0.15, 0.2) is 23.7 Å². The van der Waals surface area contributed by atoms with E-state index in [1.54, 1.807) is 11.3 Å². The summed E-state index contributed by atoms with van der Waals surface area (Å²) < 4.78 is 0.223. The fourth-order valence-corrected chi connectivity index (χ4v) is 6.93. The molecule has 0 spiro atoms. The van der Waals surface area contributed by atoms with E-state index < -0.39 is 21.2 Å². The Morgan fingerprint density at radius 1 is 1.32 bits per heavy atom. The van der Waals surface area contributed by atoms with Crippen molar-refractivity contribution in [2.45, 2.75) is 76.3 Å². The van der Waals surface area contributed by atoms with Gasteiger partial charge in [0, 0.05) is 0 Å². The van der Waals surface area contributed by atoms with Gasteiger partial charge in [0.1, 0.15) is 0 Å². The molecule has 1 fully saturated rings. The number of nitrogens with zero attached hydrogens (tertiary/aromatic N) is 2. The van der Waals surface area contributed by atoms with Crippen LogP contribution in [0.4, 0.5) is 4.79 Å². The molecule has 1 N–H and O–H groups in total. The number of likely N-dealkylation sites (tertiary alicyclic amines) is 1. The Morgan fingerprint density at radius 2 is 2.06 bits per heavy atom. The van der Waals surface area contributed by atoms with E-state index in [9.17, 15) is 9.59 Å². The van der Waals surface area contributed by atoms with Crippen molar-refractivity contribution in [2.75, 3.05) is 6.54 Å². The minimum atomic E-state index is -0.638. The fourth-order valence-electron chi connectivity index (χ4n) is 3.86. The number of nitrogens with one attached hydrogen (secondary N) is 1. The van der Waals surface area contributed by atoms with Crippen LogP contribution >= 0.6 is 11.3 Å². The van der Waals surface area contributed by atoms with Crippen molar-refractivity contribution in [3.63, 3.8) is 0 Å². The molecular formula is C24H33IN3O2S-. The van der Waals surface area contributed by atoms with E-state index in [4.69, 9.17) is 0 Å². The molecule has 1 aliphatic rings. The number of rotatable bonds is 6. The number of alkyl halides is 1. The van der Waals surface area contributed by atoms with Crippen molar-refractivity contribution in [1.82, 2.24) is 15.2 Å². The first-order valence-electron chi connectivity index (χ1n) is 10.8. The number of aromatic nitrogens is 1. The van der Waals surface area contributed by atoms with Gasteiger partial charge in [0.15, 0.2) is 0 Å². The SMILES string of the molecule is Cc1ncsc1-c1ccc(CNC(=O)C2CCCN2C(=O)[I-]C(C)(C)C)c(C(C)C)c1. The van der Waals surface area contributed by atoms with Crippen molar-refractivity contribution < 1.29 is 30.8 Å². The molecule has 170 valence electrons. The number of thiazole rings is 1. The topological polar surface area (TPSA) is 62.3 Å². The predicted molar refractivity (Wildman–Crippen MR) is 123 cm³/mol. The predicted octanol–water partition coefficient (Wildman–Crippen LogP) is 2.33. The number of carbonyl (C=O) groups is 2. The van der Waals surface area contributed by atoms with Crippen LogP contribution in [-0.4, -0.2) is 35.7 Å². The Bertz CT molecular complexity index is 949. The van der Waals surface area contributed by atoms with E-state index in [2.05, 4.69) is 63.1 Å². The van der Waals surface area contributed by atoms with Crippen LogP contribution in [0.2, 0.25) is 0 Å². The summed E-state index contributed by atoms with van der Waals surface area (Å²) in [5.41, 5.74) is 6.47. The van der Waals surface area contributed by atoms with Gasteiger partial charge in [-0.1, -0.05) is 0 Å². The summed E-state index contributed by atoms with van der Waals surface area (Å²) in [5.74, 6) is 0.321. The van der Waals surface area contributed by atoms with Gasteiger partial charge in [0.25, 0.3) is 0 Å². The molecule has 0 aliphatic carbocycles. The average molecular weight is 555 g/mol. The van der Waals surface area contributed by atoms with Gasteiger partial charge in [-0.05, 0) is 6.92 Å². The molecule has 2 heterocycles. The molecule has 0 bridgehead atoms. The van der Waals surface area contributed by atoms with Crippen LogP contribution in [-0.2, 0) is 11.3 Å². The number of carbonyl (C=O) groups excluding carboxylic acids is 2. The van der Waals surface area contributed by atoms with E-state index >= 15 is 0 Å². The zero-order chi connectivity index (χ0) is 22.8. The molecule has 5 nitrogen and oxygen atoms in total. The number of hydrogen-bond donors (Lipinski definition) is 1. The van der Waals surface area contributed by atoms with Gasteiger partial charge in [-0.15, -0.1) is 0 Å². The van der Waals surface area contributed by atoms with Crippen molar-refractivity contribution in [3.05, 3.63) is 40.5 Å². The second kappa shape index (κ2) is 9.98. The Hall–Kier alpha value is -1.48. The van der Waals surface area contributed by atoms with Crippen LogP contribution in [0.25, 0.3) is 10.4 Å². The monoisotopic (exact) mass is 554 g/mol. The normalized spacial score (nSPS) is 16.9. The molecule has 2 aromatic rings. The molecule has 1 unspecified atom stereocenters. The standard InChI is InChI=1S/C24H33IN3O2S/c1-15(2)19-12-17(21-16(3)27-14-31-21)9-10-18(19)13-26-22(29)20-8-7-11-28(20)23(30)25-24(4,5)6/h9-10,12,14-15,20H,7-8,11,13H2,1-6H3,(H,26,29)/q-1. The van der Waals surface area contributed by atoms with Crippen LogP contribution in [0, 0.1) is 6.92 Å². The first-order valence-corrected chi connectivity index (χ1v) is 13.9. The maximum atomic E-state index is 13.0. The molecule has 7 heteroatoms. The number of halogens is 1. The molecule has 1 atom stereocenters. The van der Waals surface area contributed by atoms with Crippen LogP contribution in [0.3, 0.4) is 0 Å². The average Bonchev–Trinajstić information content (AvgIpc) is 3.33. The summed E-state index contributed by atoms with van der Waals surface area (Å²) in [4.78, 5) is 33.1. The molecule has 1 saturated heterocycles. The summed E-state index contributed by atoms with van der Waals surface area (Å²) in [6, 6.07) is 6.14. The molecule has 3 rings (SSSR count). The molecule has 1 aromatic heterocycles. The zero-order valence-electron chi connectivity index (χ0n) is 19.3. The summed E-state index contributed by atoms with van der Waals surface area (Å²) in [5, 5.41) is 3.12. The number of amides is 2. The molecule has 0 saturated carbocycles. The Balaban J connectivity index is 1.71. The van der Waals surface area contributed by atoms with Crippen molar-refractivity contribution in [1.29, 1.82) is 0 Å². The zero-order valence-corrected chi connectivity index (χ0v) is 22.3. The van der Waals surface area contributed by atoms with Crippen molar-refractivity contribution in [2.24, 2.45) is 0 Å². The fraction of sp³-hybridized carbons (Fsp3) is 0.542. The summed E-state index contributed by atoms with van der Waals surface area (Å²) in [6.07, 6.45) is 1.66. The van der Waals surface area contributed by atoms with Crippen molar-refractivity contribution >= 4 is 21.2 Å². The third kappa shape index (κ3) is 6.06. The van der Waals surface area contributed by atoms with Crippen LogP contribution in [0.1, 0.15) is 70.2 Å². The second-order valence-electron chi connectivity index (χ2n) is 9.32. The third-order valence-corrected chi connectivity index (χ3v) is 9.05. The van der Waals surface area contributed by atoms with Gasteiger partial charge in [-0.25, -0.2) is 4.98 Å². The van der Waals surface area contributed by atoms with Gasteiger partial charge in [0.2, 0.25) is 0 Å². The van der Waals surface area contributed by atoms with E-state index in [0.717, 1.165) is 24.1 Å². The Kier molecular flexibility index (Phi) is 7.78. The van der Waals surface area contributed by atoms with Crippen LogP contribution in [0.5, 0.6) is 0 Å². The molecule has 1 aliphatic heterocycles. The number of aryl methyl sites for hydroxylation is 1. The number of benzene rings is 1. The molecule has 2 amide bonds. The Morgan fingerprint density at radius 3 is 2.68 bits per heavy atom. The third-order valence-electron chi connectivity index (χ3n) is 5.37. The summed E-state index contributed by atoms with van der Waals surface area (Å²) >= 11 is 1.02. The van der Waals surface area contributed by atoms with E-state index in [-0.39, 0.29) is 19.3 Å². The van der Waals surface area contributed by atoms with Crippen molar-refractivity contribution in [3.8, 4) is 10.4 Å². The minimum absolute atomic E-state index is 0.0270. The molecule has 1 aromatic carbocycles. The van der Waals surface area contributed by atoms with Gasteiger partial charge in [-0.3, -0.25) is 0 Å². The van der Waals surface area contributed by atoms with Gasteiger partial charge in [0.05, 0.1) is 5.51 Å². The molecular weight excluding hydrogens is 521 g/mol. The van der Waals surface area contributed by atoms with E-state index in [1.165, 1.54) is 16.0 Å². The second-order valence-corrected chi connectivity index (χ2v) is 14.9. The van der Waals surface area contributed by atoms with E-state index in [1.807, 2.05) is 17.3 Å².